The maximum absolute atomic E-state index is 13.1. The van der Waals surface area contributed by atoms with Gasteiger partial charge in [-0.05, 0) is 18.2 Å². The zero-order valence-electron chi connectivity index (χ0n) is 8.65. The van der Waals surface area contributed by atoms with Crippen LogP contribution in [0.2, 0.25) is 10.0 Å². The lowest BCUT2D eigenvalue weighted by Gasteiger charge is -2.29. The minimum absolute atomic E-state index is 0.0315. The minimum Gasteiger partial charge on any atom is -0.426 e. The van der Waals surface area contributed by atoms with Crippen LogP contribution in [-0.4, -0.2) is 18.8 Å². The zero-order chi connectivity index (χ0) is 13.6. The topological polar surface area (TPSA) is 38.3 Å². The number of nitrogens with one attached hydrogen (secondary N) is 1. The number of rotatable bonds is 1. The molecule has 1 unspecified atom stereocenters. The van der Waals surface area contributed by atoms with Gasteiger partial charge in [0.05, 0.1) is 6.54 Å². The molecular weight excluding hydrogens is 294 g/mol. The second kappa shape index (κ2) is 4.20. The van der Waals surface area contributed by atoms with E-state index in [1.807, 2.05) is 5.32 Å². The summed E-state index contributed by atoms with van der Waals surface area (Å²) < 4.78 is 43.8. The highest BCUT2D eigenvalue weighted by Crippen LogP contribution is 2.45. The number of ether oxygens (including phenoxy) is 1. The van der Waals surface area contributed by atoms with E-state index in [0.29, 0.717) is 0 Å². The molecule has 1 aromatic rings. The van der Waals surface area contributed by atoms with E-state index in [-0.39, 0.29) is 15.6 Å². The van der Waals surface area contributed by atoms with Gasteiger partial charge in [-0.25, -0.2) is 4.79 Å². The van der Waals surface area contributed by atoms with Gasteiger partial charge >= 0.3 is 12.3 Å². The molecule has 1 aromatic carbocycles. The van der Waals surface area contributed by atoms with Crippen LogP contribution in [0.1, 0.15) is 5.56 Å². The number of carbonyl (C=O) groups is 1. The second-order valence-corrected chi connectivity index (χ2v) is 4.60. The van der Waals surface area contributed by atoms with Crippen LogP contribution < -0.4 is 5.32 Å². The number of hydrogen-bond donors (Lipinski definition) is 1. The first kappa shape index (κ1) is 13.3. The van der Waals surface area contributed by atoms with Crippen molar-refractivity contribution in [2.75, 3.05) is 6.54 Å². The largest absolute Gasteiger partial charge is 0.434 e. The van der Waals surface area contributed by atoms with Crippen molar-refractivity contribution in [1.29, 1.82) is 0 Å². The molecule has 0 bridgehead atoms. The lowest BCUT2D eigenvalue weighted by Crippen LogP contribution is -2.45. The van der Waals surface area contributed by atoms with Crippen molar-refractivity contribution in [3.8, 4) is 0 Å². The predicted molar refractivity (Wildman–Crippen MR) is 58.7 cm³/mol. The average Bonchev–Trinajstić information content (AvgIpc) is 2.59. The molecule has 1 saturated heterocycles. The molecule has 0 aromatic heterocycles. The SMILES string of the molecule is O=C1NCC(c2cc(Cl)cc(Cl)c2)(C(F)(F)F)O1. The van der Waals surface area contributed by atoms with Crippen molar-refractivity contribution in [2.45, 2.75) is 11.8 Å². The van der Waals surface area contributed by atoms with Gasteiger partial charge in [-0.2, -0.15) is 13.2 Å². The number of halogens is 5. The highest BCUT2D eigenvalue weighted by atomic mass is 35.5. The smallest absolute Gasteiger partial charge is 0.426 e. The summed E-state index contributed by atoms with van der Waals surface area (Å²) in [6.07, 6.45) is -5.91. The van der Waals surface area contributed by atoms with Crippen molar-refractivity contribution >= 4 is 29.3 Å². The average molecular weight is 300 g/mol. The Balaban J connectivity index is 2.57. The van der Waals surface area contributed by atoms with E-state index in [1.54, 1.807) is 0 Å². The molecular formula is C10H6Cl2F3NO2. The number of hydrogen-bond acceptors (Lipinski definition) is 2. The van der Waals surface area contributed by atoms with Gasteiger partial charge in [0, 0.05) is 15.6 Å². The molecule has 1 fully saturated rings. The number of carbonyl (C=O) groups excluding carboxylic acids is 1. The summed E-state index contributed by atoms with van der Waals surface area (Å²) in [6, 6.07) is 3.43. The van der Waals surface area contributed by atoms with E-state index in [9.17, 15) is 18.0 Å². The molecule has 98 valence electrons. The molecule has 1 aliphatic heterocycles. The molecule has 2 rings (SSSR count). The van der Waals surface area contributed by atoms with Crippen LogP contribution in [0.4, 0.5) is 18.0 Å². The first-order valence-electron chi connectivity index (χ1n) is 4.75. The van der Waals surface area contributed by atoms with E-state index in [1.165, 1.54) is 6.07 Å². The highest BCUT2D eigenvalue weighted by Gasteiger charge is 2.62. The summed E-state index contributed by atoms with van der Waals surface area (Å²) in [5.74, 6) is 0. The number of benzene rings is 1. The molecule has 1 N–H and O–H groups in total. The van der Waals surface area contributed by atoms with Crippen LogP contribution in [0.15, 0.2) is 18.2 Å². The van der Waals surface area contributed by atoms with Crippen molar-refractivity contribution in [2.24, 2.45) is 0 Å². The molecule has 1 aliphatic rings. The summed E-state index contributed by atoms with van der Waals surface area (Å²) >= 11 is 11.3. The van der Waals surface area contributed by atoms with Gasteiger partial charge in [-0.15, -0.1) is 0 Å². The van der Waals surface area contributed by atoms with Gasteiger partial charge in [0.1, 0.15) is 0 Å². The molecule has 0 spiro atoms. The fraction of sp³-hybridized carbons (Fsp3) is 0.300. The van der Waals surface area contributed by atoms with Crippen LogP contribution in [0, 0.1) is 0 Å². The lowest BCUT2D eigenvalue weighted by atomic mass is 9.93. The van der Waals surface area contributed by atoms with Crippen molar-refractivity contribution in [1.82, 2.24) is 5.32 Å². The maximum atomic E-state index is 13.1. The molecule has 8 heteroatoms. The molecule has 0 aliphatic carbocycles. The quantitative estimate of drug-likeness (QED) is 0.862. The van der Waals surface area contributed by atoms with Gasteiger partial charge in [0.2, 0.25) is 0 Å². The fourth-order valence-corrected chi connectivity index (χ4v) is 2.22. The highest BCUT2D eigenvalue weighted by molar-refractivity contribution is 6.34. The van der Waals surface area contributed by atoms with E-state index in [0.717, 1.165) is 12.1 Å². The fourth-order valence-electron chi connectivity index (χ4n) is 1.70. The van der Waals surface area contributed by atoms with E-state index in [4.69, 9.17) is 23.2 Å². The van der Waals surface area contributed by atoms with E-state index >= 15 is 0 Å². The Bertz CT molecular complexity index is 486. The van der Waals surface area contributed by atoms with Gasteiger partial charge in [0.15, 0.2) is 0 Å². The summed E-state index contributed by atoms with van der Waals surface area (Å²) in [6.45, 7) is -0.716. The van der Waals surface area contributed by atoms with Gasteiger partial charge in [-0.1, -0.05) is 23.2 Å². The van der Waals surface area contributed by atoms with Crippen molar-refractivity contribution in [3.05, 3.63) is 33.8 Å². The second-order valence-electron chi connectivity index (χ2n) is 3.73. The number of alkyl carbamates (subject to hydrolysis) is 1. The maximum Gasteiger partial charge on any atom is 0.434 e. The Kier molecular flexibility index (Phi) is 3.11. The molecule has 0 saturated carbocycles. The first-order chi connectivity index (χ1) is 8.24. The Labute approximate surface area is 110 Å². The molecule has 1 heterocycles. The Hall–Kier alpha value is -1.14. The van der Waals surface area contributed by atoms with Crippen LogP contribution in [0.3, 0.4) is 0 Å². The Morgan fingerprint density at radius 1 is 1.22 bits per heavy atom. The number of amides is 1. The van der Waals surface area contributed by atoms with E-state index < -0.39 is 24.4 Å². The molecule has 3 nitrogen and oxygen atoms in total. The van der Waals surface area contributed by atoms with Gasteiger partial charge in [-0.3, -0.25) is 0 Å². The zero-order valence-corrected chi connectivity index (χ0v) is 10.2. The van der Waals surface area contributed by atoms with Crippen LogP contribution in [-0.2, 0) is 10.3 Å². The van der Waals surface area contributed by atoms with Gasteiger partial charge < -0.3 is 10.1 Å². The lowest BCUT2D eigenvalue weighted by molar-refractivity contribution is -0.250. The standard InChI is InChI=1S/C10H6Cl2F3NO2/c11-6-1-5(2-7(12)3-6)9(10(13,14)15)4-16-8(17)18-9/h1-3H,4H2,(H,16,17). The third kappa shape index (κ3) is 2.10. The van der Waals surface area contributed by atoms with Crippen LogP contribution >= 0.6 is 23.2 Å². The predicted octanol–water partition coefficient (Wildman–Crippen LogP) is 3.49. The molecule has 1 atom stereocenters. The van der Waals surface area contributed by atoms with Crippen molar-refractivity contribution < 1.29 is 22.7 Å². The number of cyclic esters (lactones) is 1. The van der Waals surface area contributed by atoms with Crippen LogP contribution in [0.25, 0.3) is 0 Å². The summed E-state index contributed by atoms with van der Waals surface area (Å²) in [5, 5.41) is 2.05. The monoisotopic (exact) mass is 299 g/mol. The third-order valence-corrected chi connectivity index (χ3v) is 2.97. The molecule has 0 radical (unpaired) electrons. The molecule has 1 amide bonds. The van der Waals surface area contributed by atoms with E-state index in [2.05, 4.69) is 4.74 Å². The normalized spacial score (nSPS) is 23.7. The Morgan fingerprint density at radius 3 is 2.17 bits per heavy atom. The Morgan fingerprint density at radius 2 is 1.78 bits per heavy atom. The summed E-state index contributed by atoms with van der Waals surface area (Å²) in [5.41, 5.74) is -3.07. The minimum atomic E-state index is -4.78. The first-order valence-corrected chi connectivity index (χ1v) is 5.50. The third-order valence-electron chi connectivity index (χ3n) is 2.54. The number of alkyl halides is 3. The van der Waals surface area contributed by atoms with Gasteiger partial charge in [0.25, 0.3) is 5.60 Å². The summed E-state index contributed by atoms with van der Waals surface area (Å²) in [7, 11) is 0. The molecule has 18 heavy (non-hydrogen) atoms. The van der Waals surface area contributed by atoms with Crippen LogP contribution in [0.5, 0.6) is 0 Å². The van der Waals surface area contributed by atoms with Crippen molar-refractivity contribution in [3.63, 3.8) is 0 Å². The summed E-state index contributed by atoms with van der Waals surface area (Å²) in [4.78, 5) is 10.9.